The highest BCUT2D eigenvalue weighted by atomic mass is 32.2. The molecule has 0 spiro atoms. The largest absolute Gasteiger partial charge is 0.511 e. The van der Waals surface area contributed by atoms with Crippen molar-refractivity contribution >= 4 is 28.6 Å². The Labute approximate surface area is 205 Å². The number of H-pyrrole nitrogens is 1. The molecule has 3 aromatic rings. The second-order valence-corrected chi connectivity index (χ2v) is 11.5. The minimum atomic E-state index is -0.777. The zero-order valence-corrected chi connectivity index (χ0v) is 21.3. The second kappa shape index (κ2) is 9.06. The van der Waals surface area contributed by atoms with Gasteiger partial charge in [-0.25, -0.2) is 4.79 Å². The maximum atomic E-state index is 13.3. The Morgan fingerprint density at radius 3 is 2.44 bits per heavy atom. The van der Waals surface area contributed by atoms with Crippen LogP contribution in [0.4, 0.5) is 0 Å². The summed E-state index contributed by atoms with van der Waals surface area (Å²) in [6, 6.07) is 13.3. The van der Waals surface area contributed by atoms with E-state index in [0.717, 1.165) is 26.9 Å². The smallest absolute Gasteiger partial charge is 0.349 e. The number of carbonyl (C=O) groups is 1. The van der Waals surface area contributed by atoms with Crippen LogP contribution >= 0.6 is 11.8 Å². The van der Waals surface area contributed by atoms with Crippen molar-refractivity contribution in [3.8, 4) is 5.75 Å². The third-order valence-electron chi connectivity index (χ3n) is 6.71. The molecular weight excluding hydrogens is 446 g/mol. The van der Waals surface area contributed by atoms with Gasteiger partial charge in [0.25, 0.3) is 0 Å². The number of fused-ring (bicyclic) bond motifs is 1. The highest BCUT2D eigenvalue weighted by Crippen LogP contribution is 2.45. The van der Waals surface area contributed by atoms with Crippen LogP contribution in [0.1, 0.15) is 58.6 Å². The number of benzene rings is 2. The molecule has 1 aliphatic rings. The third kappa shape index (κ3) is 4.83. The molecule has 0 radical (unpaired) electrons. The zero-order chi connectivity index (χ0) is 24.7. The Hall–Kier alpha value is -2.86. The van der Waals surface area contributed by atoms with Crippen molar-refractivity contribution in [1.29, 1.82) is 0 Å². The first-order valence-electron chi connectivity index (χ1n) is 11.7. The lowest BCUT2D eigenvalue weighted by molar-refractivity contribution is -0.164. The number of nitrogens with one attached hydrogen (secondary N) is 1. The molecule has 1 aromatic heterocycles. The molecule has 3 N–H and O–H groups in total. The van der Waals surface area contributed by atoms with Crippen molar-refractivity contribution in [3.63, 3.8) is 0 Å². The number of thioether (sulfide) groups is 1. The average molecular weight is 480 g/mol. The summed E-state index contributed by atoms with van der Waals surface area (Å²) in [7, 11) is 0. The number of rotatable bonds is 6. The molecule has 0 saturated heterocycles. The van der Waals surface area contributed by atoms with Gasteiger partial charge >= 0.3 is 5.97 Å². The Balaban J connectivity index is 1.63. The first kappa shape index (κ1) is 24.3. The summed E-state index contributed by atoms with van der Waals surface area (Å²) >= 11 is 1.29. The molecule has 0 aliphatic carbocycles. The van der Waals surface area contributed by atoms with E-state index in [-0.39, 0.29) is 34.2 Å². The summed E-state index contributed by atoms with van der Waals surface area (Å²) in [6.45, 7) is 10.5. The molecule has 0 saturated carbocycles. The third-order valence-corrected chi connectivity index (χ3v) is 7.87. The van der Waals surface area contributed by atoms with E-state index in [1.807, 2.05) is 38.2 Å². The molecule has 4 rings (SSSR count). The van der Waals surface area contributed by atoms with Gasteiger partial charge in [0.15, 0.2) is 0 Å². The van der Waals surface area contributed by atoms with E-state index in [2.05, 4.69) is 37.9 Å². The van der Waals surface area contributed by atoms with Crippen LogP contribution in [-0.2, 0) is 21.4 Å². The molecule has 1 atom stereocenters. The van der Waals surface area contributed by atoms with Crippen LogP contribution in [-0.4, -0.2) is 26.8 Å². The molecular formula is C28H33NO4S. The van der Waals surface area contributed by atoms with E-state index < -0.39 is 11.6 Å². The molecule has 0 bridgehead atoms. The SMILES string of the molecule is CC(C)[C@]1(CCc2ccc(O)cc2)CC(O)=C(Sc2cc3cc[nH]c3cc2C(C)(C)C)C(=O)O1. The van der Waals surface area contributed by atoms with Gasteiger partial charge in [-0.1, -0.05) is 58.5 Å². The predicted molar refractivity (Wildman–Crippen MR) is 137 cm³/mol. The highest BCUT2D eigenvalue weighted by Gasteiger charge is 2.44. The Bertz CT molecular complexity index is 1230. The van der Waals surface area contributed by atoms with Crippen LogP contribution in [0.5, 0.6) is 5.75 Å². The number of phenols is 1. The van der Waals surface area contributed by atoms with E-state index in [0.29, 0.717) is 12.8 Å². The minimum absolute atomic E-state index is 0.0311. The molecule has 0 amide bonds. The molecule has 5 nitrogen and oxygen atoms in total. The average Bonchev–Trinajstić information content (AvgIpc) is 3.22. The number of aromatic nitrogens is 1. The first-order valence-corrected chi connectivity index (χ1v) is 12.5. The van der Waals surface area contributed by atoms with E-state index in [4.69, 9.17) is 4.74 Å². The summed E-state index contributed by atoms with van der Waals surface area (Å²) in [6.07, 6.45) is 3.46. The Morgan fingerprint density at radius 1 is 1.12 bits per heavy atom. The number of esters is 1. The molecule has 0 unspecified atom stereocenters. The van der Waals surface area contributed by atoms with Crippen LogP contribution in [0.2, 0.25) is 0 Å². The van der Waals surface area contributed by atoms with Gasteiger partial charge in [-0.2, -0.15) is 0 Å². The molecule has 0 fully saturated rings. The van der Waals surface area contributed by atoms with E-state index in [1.165, 1.54) is 11.8 Å². The van der Waals surface area contributed by atoms with E-state index in [9.17, 15) is 15.0 Å². The fourth-order valence-electron chi connectivity index (χ4n) is 4.48. The number of phenolic OH excluding ortho intramolecular Hbond substituents is 1. The van der Waals surface area contributed by atoms with Gasteiger partial charge < -0.3 is 19.9 Å². The van der Waals surface area contributed by atoms with E-state index in [1.54, 1.807) is 12.1 Å². The van der Waals surface area contributed by atoms with Gasteiger partial charge in [0.2, 0.25) is 0 Å². The number of carbonyl (C=O) groups excluding carboxylic acids is 1. The van der Waals surface area contributed by atoms with Crippen LogP contribution in [0, 0.1) is 5.92 Å². The topological polar surface area (TPSA) is 82.5 Å². The second-order valence-electron chi connectivity index (χ2n) is 10.5. The van der Waals surface area contributed by atoms with Gasteiger partial charge in [0.1, 0.15) is 22.0 Å². The minimum Gasteiger partial charge on any atom is -0.511 e. The number of hydrogen-bond acceptors (Lipinski definition) is 5. The monoisotopic (exact) mass is 479 g/mol. The van der Waals surface area contributed by atoms with Crippen molar-refractivity contribution in [2.24, 2.45) is 5.92 Å². The fraction of sp³-hybridized carbons (Fsp3) is 0.393. The molecule has 2 aromatic carbocycles. The standard InChI is InChI=1S/C28H33NO4S/c1-17(2)28(12-10-18-6-8-20(30)9-7-18)16-23(31)25(26(32)33-28)34-24-14-19-11-13-29-22(19)15-21(24)27(3,4)5/h6-9,11,13-15,17,29-31H,10,12,16H2,1-5H3/t28-/m0/s1. The highest BCUT2D eigenvalue weighted by molar-refractivity contribution is 8.04. The van der Waals surface area contributed by atoms with Crippen molar-refractivity contribution in [3.05, 3.63) is 70.5 Å². The number of aromatic hydroxyl groups is 1. The number of hydrogen-bond donors (Lipinski definition) is 3. The zero-order valence-electron chi connectivity index (χ0n) is 20.4. The molecule has 2 heterocycles. The Kier molecular flexibility index (Phi) is 6.47. The summed E-state index contributed by atoms with van der Waals surface area (Å²) in [5, 5.41) is 21.7. The number of ether oxygens (including phenoxy) is 1. The van der Waals surface area contributed by atoms with Crippen molar-refractivity contribution in [1.82, 2.24) is 4.98 Å². The summed E-state index contributed by atoms with van der Waals surface area (Å²) < 4.78 is 6.10. The number of aryl methyl sites for hydroxylation is 1. The van der Waals surface area contributed by atoms with Gasteiger partial charge in [-0.05, 0) is 65.6 Å². The summed E-state index contributed by atoms with van der Waals surface area (Å²) in [5.74, 6) is -0.124. The van der Waals surface area contributed by atoms with Crippen LogP contribution in [0.25, 0.3) is 10.9 Å². The van der Waals surface area contributed by atoms with Gasteiger partial charge in [-0.3, -0.25) is 0 Å². The maximum Gasteiger partial charge on any atom is 0.349 e. The van der Waals surface area contributed by atoms with Crippen molar-refractivity contribution in [2.45, 2.75) is 69.8 Å². The van der Waals surface area contributed by atoms with Gasteiger partial charge in [-0.15, -0.1) is 0 Å². The van der Waals surface area contributed by atoms with Gasteiger partial charge in [0, 0.05) is 28.4 Å². The quantitative estimate of drug-likeness (QED) is 0.331. The first-order chi connectivity index (χ1) is 16.0. The fourth-order valence-corrected chi connectivity index (χ4v) is 5.67. The number of aliphatic hydroxyl groups excluding tert-OH is 1. The van der Waals surface area contributed by atoms with Crippen LogP contribution in [0.3, 0.4) is 0 Å². The number of aromatic amines is 1. The molecule has 6 heteroatoms. The molecule has 34 heavy (non-hydrogen) atoms. The lowest BCUT2D eigenvalue weighted by Crippen LogP contribution is -2.44. The van der Waals surface area contributed by atoms with Gasteiger partial charge in [0.05, 0.1) is 0 Å². The van der Waals surface area contributed by atoms with Crippen molar-refractivity contribution in [2.75, 3.05) is 0 Å². The maximum absolute atomic E-state index is 13.3. The molecule has 1 aliphatic heterocycles. The van der Waals surface area contributed by atoms with E-state index >= 15 is 0 Å². The number of cyclic esters (lactones) is 1. The normalized spacial score (nSPS) is 19.2. The molecule has 180 valence electrons. The lowest BCUT2D eigenvalue weighted by Gasteiger charge is -2.40. The van der Waals surface area contributed by atoms with Crippen LogP contribution < -0.4 is 0 Å². The summed E-state index contributed by atoms with van der Waals surface area (Å²) in [4.78, 5) is 17.7. The lowest BCUT2D eigenvalue weighted by atomic mass is 9.80. The number of aliphatic hydroxyl groups is 1. The van der Waals surface area contributed by atoms with Crippen molar-refractivity contribution < 1.29 is 19.7 Å². The predicted octanol–water partition coefficient (Wildman–Crippen LogP) is 7.01. The van der Waals surface area contributed by atoms with Crippen LogP contribution in [0.15, 0.2) is 64.2 Å². The summed E-state index contributed by atoms with van der Waals surface area (Å²) in [5.41, 5.74) is 2.29. The Morgan fingerprint density at radius 2 is 1.82 bits per heavy atom.